The van der Waals surface area contributed by atoms with Gasteiger partial charge in [-0.05, 0) is 49.4 Å². The highest BCUT2D eigenvalue weighted by molar-refractivity contribution is 7.47. The van der Waals surface area contributed by atoms with Crippen LogP contribution < -0.4 is 0 Å². The molecule has 0 aromatic heterocycles. The Hall–Kier alpha value is -1.94. The first-order valence-electron chi connectivity index (χ1n) is 39.2. The van der Waals surface area contributed by atoms with E-state index in [2.05, 4.69) is 55.4 Å². The number of hydrogen-bond acceptors (Lipinski definition) is 15. The highest BCUT2D eigenvalue weighted by Gasteiger charge is 2.30. The summed E-state index contributed by atoms with van der Waals surface area (Å²) in [5.41, 5.74) is 0. The molecule has 17 nitrogen and oxygen atoms in total. The fourth-order valence-electron chi connectivity index (χ4n) is 11.5. The van der Waals surface area contributed by atoms with Crippen LogP contribution in [-0.4, -0.2) is 96.7 Å². The molecule has 0 spiro atoms. The number of aliphatic hydroxyl groups excluding tert-OH is 1. The van der Waals surface area contributed by atoms with Crippen LogP contribution in [0.2, 0.25) is 0 Å². The second-order valence-corrected chi connectivity index (χ2v) is 32.0. The third-order valence-electron chi connectivity index (χ3n) is 17.9. The standard InChI is InChI=1S/C76H148O17P2/c1-9-69(8)55-47-39-30-24-18-16-14-12-10-11-13-15-17-19-25-32-42-50-58-75(80)93-72(63-87-74(79)57-49-41-35-34-38-46-54-68(6)7)65-91-95(84,85)89-61-70(77)60-88-94(82,83)90-64-71(92-76(81)59-51-43-33-27-21-23-29-37-45-53-67(4)5)62-86-73(78)56-48-40-31-26-20-22-28-36-44-52-66(2)3/h66-72,77H,9-65H2,1-8H3,(H,82,83)(H,84,85)/t69?,70-,71-,72-/m1/s1. The summed E-state index contributed by atoms with van der Waals surface area (Å²) in [7, 11) is -9.91. The lowest BCUT2D eigenvalue weighted by molar-refractivity contribution is -0.161. The van der Waals surface area contributed by atoms with E-state index < -0.39 is 97.5 Å². The molecule has 564 valence electrons. The van der Waals surface area contributed by atoms with Crippen LogP contribution in [0.15, 0.2) is 0 Å². The van der Waals surface area contributed by atoms with Crippen LogP contribution in [0.1, 0.15) is 383 Å². The molecule has 0 saturated heterocycles. The fourth-order valence-corrected chi connectivity index (χ4v) is 13.1. The van der Waals surface area contributed by atoms with Crippen molar-refractivity contribution in [3.05, 3.63) is 0 Å². The van der Waals surface area contributed by atoms with Gasteiger partial charge < -0.3 is 33.8 Å². The molecule has 0 fully saturated rings. The summed E-state index contributed by atoms with van der Waals surface area (Å²) >= 11 is 0. The molecule has 0 amide bonds. The molecular formula is C76H148O17P2. The summed E-state index contributed by atoms with van der Waals surface area (Å²) in [6.45, 7) is 14.1. The predicted octanol–water partition coefficient (Wildman–Crippen LogP) is 22.0. The Labute approximate surface area is 581 Å². The maximum absolute atomic E-state index is 13.1. The number of unbranched alkanes of at least 4 members (excludes halogenated alkanes) is 38. The molecule has 95 heavy (non-hydrogen) atoms. The summed E-state index contributed by atoms with van der Waals surface area (Å²) in [6.07, 6.45) is 50.2. The number of carbonyl (C=O) groups excluding carboxylic acids is 4. The van der Waals surface area contributed by atoms with Crippen LogP contribution in [0.5, 0.6) is 0 Å². The van der Waals surface area contributed by atoms with Gasteiger partial charge in [0.1, 0.15) is 19.3 Å². The number of hydrogen-bond donors (Lipinski definition) is 3. The Bertz CT molecular complexity index is 1870. The minimum Gasteiger partial charge on any atom is -0.462 e. The van der Waals surface area contributed by atoms with Crippen molar-refractivity contribution in [1.29, 1.82) is 0 Å². The Balaban J connectivity index is 5.15. The number of phosphoric acid groups is 2. The summed E-state index contributed by atoms with van der Waals surface area (Å²) in [5.74, 6) is 0.906. The summed E-state index contributed by atoms with van der Waals surface area (Å²) < 4.78 is 68.4. The molecule has 0 aliphatic heterocycles. The van der Waals surface area contributed by atoms with Crippen molar-refractivity contribution in [1.82, 2.24) is 0 Å². The van der Waals surface area contributed by atoms with Crippen molar-refractivity contribution in [3.8, 4) is 0 Å². The van der Waals surface area contributed by atoms with Gasteiger partial charge >= 0.3 is 39.5 Å². The molecule has 6 atom stereocenters. The molecule has 0 bridgehead atoms. The molecule has 3 unspecified atom stereocenters. The topological polar surface area (TPSA) is 237 Å². The van der Waals surface area contributed by atoms with Crippen LogP contribution in [0, 0.1) is 23.7 Å². The fraction of sp³-hybridized carbons (Fsp3) is 0.947. The predicted molar refractivity (Wildman–Crippen MR) is 386 cm³/mol. The molecule has 0 rings (SSSR count). The first kappa shape index (κ1) is 93.1. The van der Waals surface area contributed by atoms with E-state index >= 15 is 0 Å². The zero-order chi connectivity index (χ0) is 70.3. The van der Waals surface area contributed by atoms with Gasteiger partial charge in [-0.3, -0.25) is 37.3 Å². The number of aliphatic hydroxyl groups is 1. The second kappa shape index (κ2) is 65.4. The van der Waals surface area contributed by atoms with E-state index in [-0.39, 0.29) is 25.7 Å². The largest absolute Gasteiger partial charge is 0.472 e. The third kappa shape index (κ3) is 69.0. The minimum absolute atomic E-state index is 0.104. The van der Waals surface area contributed by atoms with E-state index in [1.807, 2.05) is 0 Å². The number of esters is 4. The normalized spacial score (nSPS) is 14.4. The Morgan fingerprint density at radius 3 is 0.747 bits per heavy atom. The van der Waals surface area contributed by atoms with E-state index in [0.717, 1.165) is 114 Å². The van der Waals surface area contributed by atoms with Gasteiger partial charge in [0.2, 0.25) is 0 Å². The van der Waals surface area contributed by atoms with Crippen LogP contribution in [0.25, 0.3) is 0 Å². The Kier molecular flexibility index (Phi) is 64.0. The molecule has 0 aliphatic carbocycles. The summed E-state index contributed by atoms with van der Waals surface area (Å²) in [6, 6.07) is 0. The number of carbonyl (C=O) groups is 4. The zero-order valence-corrected chi connectivity index (χ0v) is 64.1. The molecule has 19 heteroatoms. The van der Waals surface area contributed by atoms with Gasteiger partial charge in [0.05, 0.1) is 26.4 Å². The van der Waals surface area contributed by atoms with Crippen LogP contribution in [0.3, 0.4) is 0 Å². The van der Waals surface area contributed by atoms with Crippen molar-refractivity contribution in [3.63, 3.8) is 0 Å². The highest BCUT2D eigenvalue weighted by Crippen LogP contribution is 2.45. The summed E-state index contributed by atoms with van der Waals surface area (Å²) in [5, 5.41) is 10.6. The van der Waals surface area contributed by atoms with E-state index in [4.69, 9.17) is 37.0 Å². The van der Waals surface area contributed by atoms with Gasteiger partial charge in [0.15, 0.2) is 12.2 Å². The van der Waals surface area contributed by atoms with E-state index in [9.17, 15) is 43.2 Å². The van der Waals surface area contributed by atoms with Crippen LogP contribution in [0.4, 0.5) is 0 Å². The molecule has 3 N–H and O–H groups in total. The van der Waals surface area contributed by atoms with Gasteiger partial charge in [0, 0.05) is 25.7 Å². The third-order valence-corrected chi connectivity index (χ3v) is 19.8. The molecule has 0 aromatic carbocycles. The monoisotopic (exact) mass is 1400 g/mol. The average molecular weight is 1400 g/mol. The Morgan fingerprint density at radius 2 is 0.505 bits per heavy atom. The average Bonchev–Trinajstić information content (AvgIpc) is 3.00. The minimum atomic E-state index is -4.96. The lowest BCUT2D eigenvalue weighted by Gasteiger charge is -2.21. The number of rotatable bonds is 73. The highest BCUT2D eigenvalue weighted by atomic mass is 31.2. The van der Waals surface area contributed by atoms with Crippen molar-refractivity contribution in [2.45, 2.75) is 401 Å². The first-order valence-corrected chi connectivity index (χ1v) is 42.2. The number of phosphoric ester groups is 2. The first-order chi connectivity index (χ1) is 45.6. The lowest BCUT2D eigenvalue weighted by atomic mass is 9.99. The van der Waals surface area contributed by atoms with Crippen LogP contribution in [-0.2, 0) is 65.4 Å². The van der Waals surface area contributed by atoms with Gasteiger partial charge in [0.25, 0.3) is 0 Å². The van der Waals surface area contributed by atoms with Crippen molar-refractivity contribution < 1.29 is 80.2 Å². The smallest absolute Gasteiger partial charge is 0.462 e. The van der Waals surface area contributed by atoms with Gasteiger partial charge in [-0.25, -0.2) is 9.13 Å². The van der Waals surface area contributed by atoms with Crippen molar-refractivity contribution in [2.75, 3.05) is 39.6 Å². The molecule has 0 saturated carbocycles. The van der Waals surface area contributed by atoms with E-state index in [1.54, 1.807) is 0 Å². The molecule has 0 aromatic rings. The zero-order valence-electron chi connectivity index (χ0n) is 62.3. The summed E-state index contributed by atoms with van der Waals surface area (Å²) in [4.78, 5) is 72.7. The lowest BCUT2D eigenvalue weighted by Crippen LogP contribution is -2.30. The maximum atomic E-state index is 13.1. The van der Waals surface area contributed by atoms with Gasteiger partial charge in [-0.2, -0.15) is 0 Å². The van der Waals surface area contributed by atoms with Crippen molar-refractivity contribution >= 4 is 39.5 Å². The molecular weight excluding hydrogens is 1250 g/mol. The number of ether oxygens (including phenoxy) is 4. The van der Waals surface area contributed by atoms with Gasteiger partial charge in [-0.1, -0.05) is 331 Å². The Morgan fingerprint density at radius 1 is 0.295 bits per heavy atom. The van der Waals surface area contributed by atoms with Crippen molar-refractivity contribution in [2.24, 2.45) is 23.7 Å². The molecule has 0 radical (unpaired) electrons. The molecule has 0 aliphatic rings. The van der Waals surface area contributed by atoms with Gasteiger partial charge in [-0.15, -0.1) is 0 Å². The molecule has 0 heterocycles. The maximum Gasteiger partial charge on any atom is 0.472 e. The second-order valence-electron chi connectivity index (χ2n) is 29.1. The van der Waals surface area contributed by atoms with E-state index in [1.165, 1.54) is 180 Å². The van der Waals surface area contributed by atoms with Crippen LogP contribution >= 0.6 is 15.6 Å². The van der Waals surface area contributed by atoms with E-state index in [0.29, 0.717) is 31.6 Å². The SMILES string of the molecule is CCC(C)CCCCCCCCCCCCCCCCCCCCC(=O)O[C@H](COC(=O)CCCCCCCCC(C)C)COP(=O)(O)OC[C@H](O)COP(=O)(O)OC[C@@H](COC(=O)CCCCCCCCCCCC(C)C)OC(=O)CCCCCCCCCCCC(C)C. The quantitative estimate of drug-likeness (QED) is 0.0222.